The molecule has 106 valence electrons. The van der Waals surface area contributed by atoms with Crippen LogP contribution < -0.4 is 15.5 Å². The minimum absolute atomic E-state index is 0.0470. The second-order valence-corrected chi connectivity index (χ2v) is 5.18. The zero-order chi connectivity index (χ0) is 14.6. The van der Waals surface area contributed by atoms with Crippen LogP contribution in [0.3, 0.4) is 0 Å². The highest BCUT2D eigenvalue weighted by molar-refractivity contribution is 6.28. The van der Waals surface area contributed by atoms with Gasteiger partial charge in [-0.25, -0.2) is 0 Å². The number of aromatic nitrogens is 3. The minimum atomic E-state index is -0.441. The van der Waals surface area contributed by atoms with Gasteiger partial charge in [0, 0.05) is 20.6 Å². The van der Waals surface area contributed by atoms with Gasteiger partial charge in [-0.2, -0.15) is 15.0 Å². The van der Waals surface area contributed by atoms with E-state index in [1.807, 2.05) is 13.8 Å². The van der Waals surface area contributed by atoms with Crippen molar-refractivity contribution in [2.45, 2.75) is 13.8 Å². The number of hydrogen-bond donors (Lipinski definition) is 1. The molecule has 0 aromatic carbocycles. The van der Waals surface area contributed by atoms with Crippen LogP contribution in [0.15, 0.2) is 0 Å². The fourth-order valence-corrected chi connectivity index (χ4v) is 1.67. The molecule has 1 heterocycles. The first kappa shape index (κ1) is 15.4. The molecule has 19 heavy (non-hydrogen) atoms. The van der Waals surface area contributed by atoms with Crippen LogP contribution >= 0.6 is 11.6 Å². The molecular formula is C11H19ClN6O. The van der Waals surface area contributed by atoms with Gasteiger partial charge in [-0.05, 0) is 17.5 Å². The number of carbonyl (C=O) groups excluding carboxylic acids is 1. The molecule has 1 aromatic heterocycles. The highest BCUT2D eigenvalue weighted by atomic mass is 35.5. The minimum Gasteiger partial charge on any atom is -0.368 e. The van der Waals surface area contributed by atoms with E-state index in [-0.39, 0.29) is 11.8 Å². The van der Waals surface area contributed by atoms with Crippen molar-refractivity contribution in [1.29, 1.82) is 0 Å². The first-order chi connectivity index (χ1) is 8.79. The number of rotatable bonds is 6. The molecule has 0 aliphatic heterocycles. The molecule has 1 rings (SSSR count). The molecule has 0 saturated carbocycles. The first-order valence-electron chi connectivity index (χ1n) is 5.91. The Kier molecular flexibility index (Phi) is 5.29. The van der Waals surface area contributed by atoms with Gasteiger partial charge in [0.15, 0.2) is 0 Å². The molecule has 2 N–H and O–H groups in total. The summed E-state index contributed by atoms with van der Waals surface area (Å²) in [6, 6.07) is 0. The van der Waals surface area contributed by atoms with Gasteiger partial charge in [0.2, 0.25) is 23.1 Å². The van der Waals surface area contributed by atoms with Crippen molar-refractivity contribution in [3.8, 4) is 0 Å². The fraction of sp³-hybridized carbons (Fsp3) is 0.636. The van der Waals surface area contributed by atoms with Crippen LogP contribution in [0.1, 0.15) is 13.8 Å². The molecule has 0 unspecified atom stereocenters. The standard InChI is InChI=1S/C11H19ClN6O/c1-7(2)5-18(6-8(13)19)11-15-9(12)14-10(16-11)17(3)4/h7H,5-6H2,1-4H3,(H2,13,19). The lowest BCUT2D eigenvalue weighted by Crippen LogP contribution is -2.37. The summed E-state index contributed by atoms with van der Waals surface area (Å²) in [6.07, 6.45) is 0. The van der Waals surface area contributed by atoms with Gasteiger partial charge in [0.1, 0.15) is 0 Å². The van der Waals surface area contributed by atoms with Gasteiger partial charge in [-0.3, -0.25) is 4.79 Å². The third-order valence-corrected chi connectivity index (χ3v) is 2.37. The lowest BCUT2D eigenvalue weighted by Gasteiger charge is -2.23. The van der Waals surface area contributed by atoms with E-state index in [0.717, 1.165) is 0 Å². The lowest BCUT2D eigenvalue weighted by atomic mass is 10.2. The molecule has 1 amide bonds. The summed E-state index contributed by atoms with van der Waals surface area (Å²) < 4.78 is 0. The third kappa shape index (κ3) is 4.86. The van der Waals surface area contributed by atoms with Gasteiger partial charge in [-0.1, -0.05) is 13.8 Å². The van der Waals surface area contributed by atoms with Crippen molar-refractivity contribution >= 4 is 29.4 Å². The predicted octanol–water partition coefficient (Wildman–Crippen LogP) is 0.539. The van der Waals surface area contributed by atoms with E-state index in [1.165, 1.54) is 0 Å². The lowest BCUT2D eigenvalue weighted by molar-refractivity contribution is -0.116. The molecule has 0 atom stereocenters. The zero-order valence-electron chi connectivity index (χ0n) is 11.6. The van der Waals surface area contributed by atoms with E-state index in [1.54, 1.807) is 23.9 Å². The van der Waals surface area contributed by atoms with Crippen molar-refractivity contribution in [3.05, 3.63) is 5.28 Å². The second-order valence-electron chi connectivity index (χ2n) is 4.84. The number of hydrogen-bond acceptors (Lipinski definition) is 6. The number of amides is 1. The van der Waals surface area contributed by atoms with Gasteiger partial charge >= 0.3 is 0 Å². The van der Waals surface area contributed by atoms with Gasteiger partial charge in [0.25, 0.3) is 0 Å². The molecule has 0 radical (unpaired) electrons. The van der Waals surface area contributed by atoms with E-state index in [9.17, 15) is 4.79 Å². The zero-order valence-corrected chi connectivity index (χ0v) is 12.3. The van der Waals surface area contributed by atoms with Crippen LogP contribution in [0, 0.1) is 5.92 Å². The van der Waals surface area contributed by atoms with Crippen LogP contribution in [-0.2, 0) is 4.79 Å². The van der Waals surface area contributed by atoms with E-state index >= 15 is 0 Å². The molecule has 8 heteroatoms. The normalized spacial score (nSPS) is 10.6. The van der Waals surface area contributed by atoms with Crippen LogP contribution in [0.25, 0.3) is 0 Å². The predicted molar refractivity (Wildman–Crippen MR) is 75.4 cm³/mol. The monoisotopic (exact) mass is 286 g/mol. The van der Waals surface area contributed by atoms with Crippen molar-refractivity contribution in [2.75, 3.05) is 37.0 Å². The highest BCUT2D eigenvalue weighted by Gasteiger charge is 2.16. The maximum atomic E-state index is 11.1. The molecule has 7 nitrogen and oxygen atoms in total. The van der Waals surface area contributed by atoms with E-state index in [0.29, 0.717) is 24.4 Å². The summed E-state index contributed by atoms with van der Waals surface area (Å²) in [4.78, 5) is 26.9. The average Bonchev–Trinajstić information content (AvgIpc) is 2.25. The van der Waals surface area contributed by atoms with Gasteiger partial charge in [-0.15, -0.1) is 0 Å². The highest BCUT2D eigenvalue weighted by Crippen LogP contribution is 2.16. The van der Waals surface area contributed by atoms with Crippen LogP contribution in [0.4, 0.5) is 11.9 Å². The Morgan fingerprint density at radius 2 is 1.84 bits per heavy atom. The Balaban J connectivity index is 3.09. The third-order valence-electron chi connectivity index (χ3n) is 2.20. The van der Waals surface area contributed by atoms with Crippen molar-refractivity contribution in [1.82, 2.24) is 15.0 Å². The summed E-state index contributed by atoms with van der Waals surface area (Å²) in [5.41, 5.74) is 5.25. The largest absolute Gasteiger partial charge is 0.368 e. The molecular weight excluding hydrogens is 268 g/mol. The topological polar surface area (TPSA) is 88.2 Å². The SMILES string of the molecule is CC(C)CN(CC(N)=O)c1nc(Cl)nc(N(C)C)n1. The molecule has 0 aliphatic carbocycles. The Bertz CT molecular complexity index is 451. The van der Waals surface area contributed by atoms with E-state index < -0.39 is 5.91 Å². The van der Waals surface area contributed by atoms with Crippen LogP contribution in [0.5, 0.6) is 0 Å². The number of halogens is 1. The number of anilines is 2. The Hall–Kier alpha value is -1.63. The smallest absolute Gasteiger partial charge is 0.237 e. The molecule has 0 aliphatic rings. The summed E-state index contributed by atoms with van der Waals surface area (Å²) in [5.74, 6) is 0.686. The van der Waals surface area contributed by atoms with Gasteiger partial charge in [0.05, 0.1) is 6.54 Å². The first-order valence-corrected chi connectivity index (χ1v) is 6.29. The Morgan fingerprint density at radius 3 is 2.32 bits per heavy atom. The number of nitrogens with zero attached hydrogens (tertiary/aromatic N) is 5. The van der Waals surface area contributed by atoms with Crippen molar-refractivity contribution < 1.29 is 4.79 Å². The molecule has 0 fully saturated rings. The summed E-state index contributed by atoms with van der Waals surface area (Å²) >= 11 is 5.88. The maximum absolute atomic E-state index is 11.1. The average molecular weight is 287 g/mol. The van der Waals surface area contributed by atoms with E-state index in [2.05, 4.69) is 15.0 Å². The van der Waals surface area contributed by atoms with Crippen molar-refractivity contribution in [2.24, 2.45) is 11.7 Å². The Morgan fingerprint density at radius 1 is 1.26 bits per heavy atom. The second kappa shape index (κ2) is 6.51. The Labute approximate surface area is 117 Å². The summed E-state index contributed by atoms with van der Waals surface area (Å²) in [5, 5.41) is 0.0897. The van der Waals surface area contributed by atoms with Crippen LogP contribution in [0.2, 0.25) is 5.28 Å². The number of primary amides is 1. The fourth-order valence-electron chi connectivity index (χ4n) is 1.52. The molecule has 0 bridgehead atoms. The number of carbonyl (C=O) groups is 1. The van der Waals surface area contributed by atoms with Crippen molar-refractivity contribution in [3.63, 3.8) is 0 Å². The number of nitrogens with two attached hydrogens (primary N) is 1. The van der Waals surface area contributed by atoms with Crippen LogP contribution in [-0.4, -0.2) is 48.0 Å². The van der Waals surface area contributed by atoms with E-state index in [4.69, 9.17) is 17.3 Å². The quantitative estimate of drug-likeness (QED) is 0.821. The molecule has 1 aromatic rings. The maximum Gasteiger partial charge on any atom is 0.237 e. The summed E-state index contributed by atoms with van der Waals surface area (Å²) in [7, 11) is 3.60. The molecule has 0 saturated heterocycles. The van der Waals surface area contributed by atoms with Gasteiger partial charge < -0.3 is 15.5 Å². The summed E-state index contributed by atoms with van der Waals surface area (Å²) in [6.45, 7) is 4.72. The molecule has 0 spiro atoms.